The van der Waals surface area contributed by atoms with Crippen molar-refractivity contribution in [2.45, 2.75) is 24.7 Å². The lowest BCUT2D eigenvalue weighted by atomic mass is 9.98. The highest BCUT2D eigenvalue weighted by Gasteiger charge is 2.30. The van der Waals surface area contributed by atoms with E-state index in [4.69, 9.17) is 0 Å². The Morgan fingerprint density at radius 1 is 1.21 bits per heavy atom. The fourth-order valence-electron chi connectivity index (χ4n) is 3.13. The van der Waals surface area contributed by atoms with E-state index in [0.717, 1.165) is 31.3 Å². The molecule has 5 nitrogen and oxygen atoms in total. The Hall–Kier alpha value is -1.21. The van der Waals surface area contributed by atoms with E-state index in [-0.39, 0.29) is 12.4 Å². The molecule has 2 aromatic rings. The minimum Gasteiger partial charge on any atom is -0.317 e. The van der Waals surface area contributed by atoms with Crippen LogP contribution < -0.4 is 5.32 Å². The SMILES string of the molecule is CCNCC1CCN(S(=O)(=O)c2cccc3cccnc23)CC1.Cl. The van der Waals surface area contributed by atoms with E-state index < -0.39 is 10.0 Å². The first kappa shape index (κ1) is 19.1. The summed E-state index contributed by atoms with van der Waals surface area (Å²) in [7, 11) is -3.48. The van der Waals surface area contributed by atoms with Gasteiger partial charge in [-0.25, -0.2) is 8.42 Å². The number of rotatable bonds is 5. The number of sulfonamides is 1. The number of aromatic nitrogens is 1. The van der Waals surface area contributed by atoms with Gasteiger partial charge in [-0.15, -0.1) is 12.4 Å². The van der Waals surface area contributed by atoms with Crippen molar-refractivity contribution in [2.75, 3.05) is 26.2 Å². The molecule has 24 heavy (non-hydrogen) atoms. The zero-order valence-electron chi connectivity index (χ0n) is 13.8. The van der Waals surface area contributed by atoms with Crippen molar-refractivity contribution in [3.8, 4) is 0 Å². The van der Waals surface area contributed by atoms with Crippen molar-refractivity contribution in [3.63, 3.8) is 0 Å². The second kappa shape index (κ2) is 8.25. The molecule has 0 amide bonds. The van der Waals surface area contributed by atoms with Crippen LogP contribution in [0.15, 0.2) is 41.4 Å². The van der Waals surface area contributed by atoms with E-state index in [1.165, 1.54) is 0 Å². The number of hydrogen-bond donors (Lipinski definition) is 1. The number of nitrogens with one attached hydrogen (secondary N) is 1. The fraction of sp³-hybridized carbons (Fsp3) is 0.471. The maximum absolute atomic E-state index is 13.0. The summed E-state index contributed by atoms with van der Waals surface area (Å²) in [4.78, 5) is 4.60. The van der Waals surface area contributed by atoms with Crippen molar-refractivity contribution in [1.29, 1.82) is 0 Å². The molecule has 1 saturated heterocycles. The Labute approximate surface area is 149 Å². The monoisotopic (exact) mass is 369 g/mol. The average Bonchev–Trinajstić information content (AvgIpc) is 2.59. The van der Waals surface area contributed by atoms with Crippen LogP contribution in [0.25, 0.3) is 10.9 Å². The molecule has 0 bridgehead atoms. The normalized spacial score (nSPS) is 16.9. The molecule has 1 fully saturated rings. The number of para-hydroxylation sites is 1. The summed E-state index contributed by atoms with van der Waals surface area (Å²) in [5.74, 6) is 0.562. The summed E-state index contributed by atoms with van der Waals surface area (Å²) in [5.41, 5.74) is 0.560. The maximum atomic E-state index is 13.0. The third-order valence-electron chi connectivity index (χ3n) is 4.47. The molecule has 0 spiro atoms. The number of hydrogen-bond acceptors (Lipinski definition) is 4. The lowest BCUT2D eigenvalue weighted by Gasteiger charge is -2.31. The van der Waals surface area contributed by atoms with Crippen LogP contribution in [0.5, 0.6) is 0 Å². The quantitative estimate of drug-likeness (QED) is 0.880. The van der Waals surface area contributed by atoms with Gasteiger partial charge in [0.05, 0.1) is 5.52 Å². The predicted molar refractivity (Wildman–Crippen MR) is 99.0 cm³/mol. The first-order valence-corrected chi connectivity index (χ1v) is 9.61. The van der Waals surface area contributed by atoms with Crippen LogP contribution in [0.2, 0.25) is 0 Å². The molecule has 1 aliphatic heterocycles. The van der Waals surface area contributed by atoms with Gasteiger partial charge in [-0.1, -0.05) is 25.1 Å². The summed E-state index contributed by atoms with van der Waals surface area (Å²) in [6.45, 7) is 5.19. The van der Waals surface area contributed by atoms with Crippen LogP contribution >= 0.6 is 12.4 Å². The Kier molecular flexibility index (Phi) is 6.57. The van der Waals surface area contributed by atoms with Crippen LogP contribution in [-0.4, -0.2) is 43.9 Å². The number of pyridine rings is 1. The molecule has 1 aliphatic rings. The van der Waals surface area contributed by atoms with E-state index >= 15 is 0 Å². The van der Waals surface area contributed by atoms with Crippen molar-refractivity contribution in [1.82, 2.24) is 14.6 Å². The van der Waals surface area contributed by atoms with Crippen LogP contribution in [0.1, 0.15) is 19.8 Å². The average molecular weight is 370 g/mol. The zero-order chi connectivity index (χ0) is 16.3. The van der Waals surface area contributed by atoms with Gasteiger partial charge < -0.3 is 5.32 Å². The topological polar surface area (TPSA) is 62.3 Å². The number of fused-ring (bicyclic) bond motifs is 1. The van der Waals surface area contributed by atoms with Gasteiger partial charge in [0.1, 0.15) is 4.90 Å². The van der Waals surface area contributed by atoms with Crippen LogP contribution in [0.4, 0.5) is 0 Å². The Morgan fingerprint density at radius 3 is 2.62 bits per heavy atom. The molecule has 0 unspecified atom stereocenters. The number of nitrogens with zero attached hydrogens (tertiary/aromatic N) is 2. The molecule has 3 rings (SSSR count). The van der Waals surface area contributed by atoms with Crippen molar-refractivity contribution >= 4 is 33.3 Å². The molecule has 0 radical (unpaired) electrons. The highest BCUT2D eigenvalue weighted by atomic mass is 35.5. The molecule has 0 saturated carbocycles. The molecule has 1 aromatic carbocycles. The molecular formula is C17H24ClN3O2S. The molecular weight excluding hydrogens is 346 g/mol. The second-order valence-electron chi connectivity index (χ2n) is 5.99. The number of piperidine rings is 1. The minimum atomic E-state index is -3.48. The molecule has 1 N–H and O–H groups in total. The van der Waals surface area contributed by atoms with E-state index in [2.05, 4.69) is 17.2 Å². The summed E-state index contributed by atoms with van der Waals surface area (Å²) in [6.07, 6.45) is 3.46. The maximum Gasteiger partial charge on any atom is 0.245 e. The van der Waals surface area contributed by atoms with E-state index in [1.807, 2.05) is 18.2 Å². The third kappa shape index (κ3) is 3.88. The largest absolute Gasteiger partial charge is 0.317 e. The highest BCUT2D eigenvalue weighted by Crippen LogP contribution is 2.27. The van der Waals surface area contributed by atoms with Gasteiger partial charge in [-0.05, 0) is 44.0 Å². The number of benzene rings is 1. The summed E-state index contributed by atoms with van der Waals surface area (Å²) in [5, 5.41) is 4.21. The van der Waals surface area contributed by atoms with Gasteiger partial charge in [0.25, 0.3) is 0 Å². The Bertz CT molecular complexity index is 769. The predicted octanol–water partition coefficient (Wildman–Crippen LogP) is 2.67. The van der Waals surface area contributed by atoms with Gasteiger partial charge in [-0.2, -0.15) is 4.31 Å². The Morgan fingerprint density at radius 2 is 1.92 bits per heavy atom. The van der Waals surface area contributed by atoms with Gasteiger partial charge in [0.15, 0.2) is 0 Å². The molecule has 1 aromatic heterocycles. The summed E-state index contributed by atoms with van der Waals surface area (Å²) in [6, 6.07) is 9.06. The minimum absolute atomic E-state index is 0. The van der Waals surface area contributed by atoms with E-state index in [9.17, 15) is 8.42 Å². The summed E-state index contributed by atoms with van der Waals surface area (Å²) < 4.78 is 27.6. The smallest absolute Gasteiger partial charge is 0.245 e. The molecule has 0 aliphatic carbocycles. The van der Waals surface area contributed by atoms with Crippen LogP contribution in [-0.2, 0) is 10.0 Å². The molecule has 0 atom stereocenters. The van der Waals surface area contributed by atoms with Crippen LogP contribution in [0, 0.1) is 5.92 Å². The van der Waals surface area contributed by atoms with Gasteiger partial charge in [0, 0.05) is 24.7 Å². The van der Waals surface area contributed by atoms with Crippen molar-refractivity contribution in [3.05, 3.63) is 36.5 Å². The van der Waals surface area contributed by atoms with Gasteiger partial charge >= 0.3 is 0 Å². The standard InChI is InChI=1S/C17H23N3O2S.ClH/c1-2-18-13-14-8-11-20(12-9-14)23(21,22)16-7-3-5-15-6-4-10-19-17(15)16;/h3-7,10,14,18H,2,8-9,11-13H2,1H3;1H. The summed E-state index contributed by atoms with van der Waals surface area (Å²) >= 11 is 0. The first-order valence-electron chi connectivity index (χ1n) is 8.17. The lowest BCUT2D eigenvalue weighted by Crippen LogP contribution is -2.40. The van der Waals surface area contributed by atoms with E-state index in [0.29, 0.717) is 29.4 Å². The van der Waals surface area contributed by atoms with Crippen molar-refractivity contribution < 1.29 is 8.42 Å². The van der Waals surface area contributed by atoms with Gasteiger partial charge in [-0.3, -0.25) is 4.98 Å². The Balaban J connectivity index is 0.00000208. The second-order valence-corrected chi connectivity index (χ2v) is 7.89. The fourth-order valence-corrected chi connectivity index (χ4v) is 4.76. The zero-order valence-corrected chi connectivity index (χ0v) is 15.4. The molecule has 132 valence electrons. The van der Waals surface area contributed by atoms with Crippen molar-refractivity contribution in [2.24, 2.45) is 5.92 Å². The van der Waals surface area contributed by atoms with Crippen LogP contribution in [0.3, 0.4) is 0 Å². The van der Waals surface area contributed by atoms with E-state index in [1.54, 1.807) is 22.6 Å². The first-order chi connectivity index (χ1) is 11.1. The highest BCUT2D eigenvalue weighted by molar-refractivity contribution is 7.89. The molecule has 7 heteroatoms. The van der Waals surface area contributed by atoms with Gasteiger partial charge in [0.2, 0.25) is 10.0 Å². The molecule has 2 heterocycles. The third-order valence-corrected chi connectivity index (χ3v) is 6.40. The number of halogens is 1. The lowest BCUT2D eigenvalue weighted by molar-refractivity contribution is 0.268.